The van der Waals surface area contributed by atoms with Crippen LogP contribution in [0.15, 0.2) is 29.6 Å². The zero-order valence-electron chi connectivity index (χ0n) is 13.1. The van der Waals surface area contributed by atoms with Gasteiger partial charge in [0.15, 0.2) is 5.69 Å². The Morgan fingerprint density at radius 2 is 2.08 bits per heavy atom. The Hall–Kier alpha value is -2.94. The Labute approximate surface area is 147 Å². The highest BCUT2D eigenvalue weighted by Gasteiger charge is 2.23. The van der Waals surface area contributed by atoms with Crippen LogP contribution in [-0.4, -0.2) is 34.0 Å². The molecule has 0 radical (unpaired) electrons. The summed E-state index contributed by atoms with van der Waals surface area (Å²) >= 11 is 1.17. The number of rotatable bonds is 6. The average molecular weight is 360 g/mol. The number of carbonyl (C=O) groups is 3. The Morgan fingerprint density at radius 1 is 1.28 bits per heavy atom. The molecule has 1 fully saturated rings. The highest BCUT2D eigenvalue weighted by molar-refractivity contribution is 7.09. The van der Waals surface area contributed by atoms with Crippen molar-refractivity contribution in [3.05, 3.63) is 45.9 Å². The van der Waals surface area contributed by atoms with E-state index in [4.69, 9.17) is 5.11 Å². The summed E-state index contributed by atoms with van der Waals surface area (Å²) in [5, 5.41) is 18.9. The number of nitrogens with zero attached hydrogens (tertiary/aromatic N) is 1. The third-order valence-corrected chi connectivity index (χ3v) is 4.32. The van der Waals surface area contributed by atoms with Gasteiger partial charge in [-0.3, -0.25) is 4.79 Å². The quantitative estimate of drug-likeness (QED) is 0.628. The van der Waals surface area contributed by atoms with Gasteiger partial charge in [-0.15, -0.1) is 11.3 Å². The maximum absolute atomic E-state index is 12.2. The summed E-state index contributed by atoms with van der Waals surface area (Å²) in [6.07, 6.45) is 1.99. The number of hydrogen-bond acceptors (Lipinski definition) is 5. The molecule has 1 aliphatic carbocycles. The molecule has 1 saturated carbocycles. The van der Waals surface area contributed by atoms with Crippen LogP contribution in [-0.2, 0) is 6.54 Å². The lowest BCUT2D eigenvalue weighted by Crippen LogP contribution is -2.30. The molecule has 0 bridgehead atoms. The lowest BCUT2D eigenvalue weighted by Gasteiger charge is -2.08. The second-order valence-electron chi connectivity index (χ2n) is 5.57. The maximum Gasteiger partial charge on any atom is 0.355 e. The zero-order valence-corrected chi connectivity index (χ0v) is 13.9. The van der Waals surface area contributed by atoms with Crippen LogP contribution in [0, 0.1) is 0 Å². The standard InChI is InChI=1S/C16H16N4O4S/c21-14(17-7-13-20-12(8-25-13)15(22)23)9-2-1-3-11(6-9)19-16(24)18-10-4-5-10/h1-3,6,8,10H,4-5,7H2,(H,17,21)(H,22,23)(H2,18,19,24). The molecule has 0 unspecified atom stereocenters. The molecule has 3 amide bonds. The first-order valence-corrected chi connectivity index (χ1v) is 8.52. The minimum atomic E-state index is -1.10. The molecule has 0 aliphatic heterocycles. The van der Waals surface area contributed by atoms with Crippen molar-refractivity contribution < 1.29 is 19.5 Å². The van der Waals surface area contributed by atoms with Crippen molar-refractivity contribution in [2.24, 2.45) is 0 Å². The van der Waals surface area contributed by atoms with E-state index in [2.05, 4.69) is 20.9 Å². The number of carboxylic acid groups (broad SMARTS) is 1. The topological polar surface area (TPSA) is 120 Å². The minimum absolute atomic E-state index is 0.0397. The van der Waals surface area contributed by atoms with Crippen molar-refractivity contribution in [1.82, 2.24) is 15.6 Å². The number of thiazole rings is 1. The third kappa shape index (κ3) is 4.77. The molecule has 1 aromatic carbocycles. The van der Waals surface area contributed by atoms with Gasteiger partial charge in [-0.05, 0) is 31.0 Å². The van der Waals surface area contributed by atoms with Crippen LogP contribution in [0.2, 0.25) is 0 Å². The number of nitrogens with one attached hydrogen (secondary N) is 3. The van der Waals surface area contributed by atoms with Crippen molar-refractivity contribution >= 4 is 34.9 Å². The van der Waals surface area contributed by atoms with Gasteiger partial charge in [-0.25, -0.2) is 14.6 Å². The van der Waals surface area contributed by atoms with Gasteiger partial charge in [-0.1, -0.05) is 6.07 Å². The normalized spacial score (nSPS) is 13.1. The van der Waals surface area contributed by atoms with E-state index >= 15 is 0 Å². The van der Waals surface area contributed by atoms with E-state index in [-0.39, 0.29) is 30.2 Å². The highest BCUT2D eigenvalue weighted by atomic mass is 32.1. The number of carboxylic acids is 1. The lowest BCUT2D eigenvalue weighted by atomic mass is 10.2. The summed E-state index contributed by atoms with van der Waals surface area (Å²) in [5.74, 6) is -1.43. The van der Waals surface area contributed by atoms with E-state index in [9.17, 15) is 14.4 Å². The number of carbonyl (C=O) groups excluding carboxylic acids is 2. The fraction of sp³-hybridized carbons (Fsp3) is 0.250. The number of aromatic nitrogens is 1. The summed E-state index contributed by atoms with van der Waals surface area (Å²) in [6.45, 7) is 0.136. The van der Waals surface area contributed by atoms with E-state index in [1.165, 1.54) is 16.7 Å². The summed E-state index contributed by atoms with van der Waals surface area (Å²) in [7, 11) is 0. The second kappa shape index (κ2) is 7.31. The molecule has 2 aromatic rings. The summed E-state index contributed by atoms with van der Waals surface area (Å²) in [6, 6.07) is 6.54. The molecule has 130 valence electrons. The average Bonchev–Trinajstić information content (AvgIpc) is 3.25. The maximum atomic E-state index is 12.2. The Kier molecular flexibility index (Phi) is 4.94. The van der Waals surface area contributed by atoms with Crippen LogP contribution < -0.4 is 16.0 Å². The van der Waals surface area contributed by atoms with Gasteiger partial charge in [-0.2, -0.15) is 0 Å². The molecular formula is C16H16N4O4S. The molecule has 1 aliphatic rings. The monoisotopic (exact) mass is 360 g/mol. The van der Waals surface area contributed by atoms with Gasteiger partial charge >= 0.3 is 12.0 Å². The molecule has 25 heavy (non-hydrogen) atoms. The van der Waals surface area contributed by atoms with Crippen molar-refractivity contribution in [3.63, 3.8) is 0 Å². The number of hydrogen-bond donors (Lipinski definition) is 4. The first-order chi connectivity index (χ1) is 12.0. The number of urea groups is 1. The first-order valence-electron chi connectivity index (χ1n) is 7.65. The fourth-order valence-corrected chi connectivity index (χ4v) is 2.77. The van der Waals surface area contributed by atoms with Gasteiger partial charge in [0.1, 0.15) is 5.01 Å². The van der Waals surface area contributed by atoms with Crippen LogP contribution in [0.5, 0.6) is 0 Å². The largest absolute Gasteiger partial charge is 0.476 e. The van der Waals surface area contributed by atoms with Gasteiger partial charge in [0.05, 0.1) is 6.54 Å². The smallest absolute Gasteiger partial charge is 0.355 e. The Bertz CT molecular complexity index is 816. The highest BCUT2D eigenvalue weighted by Crippen LogP contribution is 2.19. The Balaban J connectivity index is 1.56. The van der Waals surface area contributed by atoms with E-state index in [1.54, 1.807) is 24.3 Å². The van der Waals surface area contributed by atoms with E-state index in [0.29, 0.717) is 16.3 Å². The molecule has 0 atom stereocenters. The van der Waals surface area contributed by atoms with Crippen LogP contribution in [0.25, 0.3) is 0 Å². The molecule has 0 spiro atoms. The van der Waals surface area contributed by atoms with E-state index < -0.39 is 5.97 Å². The Morgan fingerprint density at radius 3 is 2.76 bits per heavy atom. The number of amides is 3. The van der Waals surface area contributed by atoms with Gasteiger partial charge in [0, 0.05) is 22.7 Å². The molecule has 4 N–H and O–H groups in total. The van der Waals surface area contributed by atoms with E-state index in [1.807, 2.05) is 0 Å². The van der Waals surface area contributed by atoms with Gasteiger partial charge in [0.2, 0.25) is 0 Å². The third-order valence-electron chi connectivity index (χ3n) is 3.47. The molecule has 1 aromatic heterocycles. The fourth-order valence-electron chi connectivity index (χ4n) is 2.07. The summed E-state index contributed by atoms with van der Waals surface area (Å²) < 4.78 is 0. The summed E-state index contributed by atoms with van der Waals surface area (Å²) in [5.41, 5.74) is 0.870. The molecule has 0 saturated heterocycles. The lowest BCUT2D eigenvalue weighted by molar-refractivity contribution is 0.0691. The number of aromatic carboxylic acids is 1. The predicted octanol–water partition coefficient (Wildman–Crippen LogP) is 2.06. The molecule has 3 rings (SSSR count). The predicted molar refractivity (Wildman–Crippen MR) is 91.9 cm³/mol. The summed E-state index contributed by atoms with van der Waals surface area (Å²) in [4.78, 5) is 38.6. The van der Waals surface area contributed by atoms with Crippen LogP contribution in [0.1, 0.15) is 38.7 Å². The van der Waals surface area contributed by atoms with E-state index in [0.717, 1.165) is 12.8 Å². The van der Waals surface area contributed by atoms with Crippen LogP contribution in [0.3, 0.4) is 0 Å². The number of anilines is 1. The number of benzene rings is 1. The molecular weight excluding hydrogens is 344 g/mol. The van der Waals surface area contributed by atoms with Crippen molar-refractivity contribution in [3.8, 4) is 0 Å². The van der Waals surface area contributed by atoms with Crippen molar-refractivity contribution in [1.29, 1.82) is 0 Å². The van der Waals surface area contributed by atoms with Crippen molar-refractivity contribution in [2.45, 2.75) is 25.4 Å². The first kappa shape index (κ1) is 16.9. The second-order valence-corrected chi connectivity index (χ2v) is 6.51. The van der Waals surface area contributed by atoms with Gasteiger partial charge < -0.3 is 21.1 Å². The SMILES string of the molecule is O=C(Nc1cccc(C(=O)NCc2nc(C(=O)O)cs2)c1)NC1CC1. The minimum Gasteiger partial charge on any atom is -0.476 e. The van der Waals surface area contributed by atoms with Crippen molar-refractivity contribution in [2.75, 3.05) is 5.32 Å². The van der Waals surface area contributed by atoms with Crippen LogP contribution in [0.4, 0.5) is 10.5 Å². The zero-order chi connectivity index (χ0) is 17.8. The molecule has 8 nitrogen and oxygen atoms in total. The van der Waals surface area contributed by atoms with Crippen LogP contribution >= 0.6 is 11.3 Å². The molecule has 1 heterocycles. The molecule has 9 heteroatoms. The van der Waals surface area contributed by atoms with Gasteiger partial charge in [0.25, 0.3) is 5.91 Å².